The summed E-state index contributed by atoms with van der Waals surface area (Å²) in [4.78, 5) is 0. The smallest absolute Gasteiger partial charge is 0.0672 e. The number of nitrogens with zero attached hydrogens (tertiary/aromatic N) is 1. The Balaban J connectivity index is 1.80. The fourth-order valence-corrected chi connectivity index (χ4v) is 3.62. The molecule has 0 bridgehead atoms. The molecule has 0 spiro atoms. The summed E-state index contributed by atoms with van der Waals surface area (Å²) >= 11 is 2.01. The molecule has 2 atom stereocenters. The average Bonchev–Trinajstić information content (AvgIpc) is 2.64. The highest BCUT2D eigenvalue weighted by molar-refractivity contribution is 8.00. The van der Waals surface area contributed by atoms with Crippen molar-refractivity contribution in [3.8, 4) is 6.07 Å². The molecule has 0 aromatic rings. The van der Waals surface area contributed by atoms with Gasteiger partial charge in [0.2, 0.25) is 0 Å². The van der Waals surface area contributed by atoms with Crippen molar-refractivity contribution < 1.29 is 0 Å². The fourth-order valence-electron chi connectivity index (χ4n) is 2.70. The van der Waals surface area contributed by atoms with Gasteiger partial charge in [-0.25, -0.2) is 0 Å². The van der Waals surface area contributed by atoms with Gasteiger partial charge in [0.1, 0.15) is 0 Å². The lowest BCUT2D eigenvalue weighted by Gasteiger charge is -2.41. The normalized spacial score (nSPS) is 33.3. The van der Waals surface area contributed by atoms with Gasteiger partial charge in [-0.05, 0) is 31.9 Å². The van der Waals surface area contributed by atoms with Crippen LogP contribution in [-0.4, -0.2) is 23.6 Å². The van der Waals surface area contributed by atoms with Crippen molar-refractivity contribution in [1.29, 1.82) is 5.26 Å². The van der Waals surface area contributed by atoms with Gasteiger partial charge in [-0.2, -0.15) is 17.0 Å². The molecule has 2 aliphatic carbocycles. The Labute approximate surface area is 96.8 Å². The van der Waals surface area contributed by atoms with E-state index in [4.69, 9.17) is 5.26 Å². The minimum absolute atomic E-state index is 0.268. The summed E-state index contributed by atoms with van der Waals surface area (Å²) in [5.74, 6) is 0.268. The van der Waals surface area contributed by atoms with E-state index in [0.717, 1.165) is 13.0 Å². The zero-order valence-corrected chi connectivity index (χ0v) is 10.3. The van der Waals surface area contributed by atoms with Crippen molar-refractivity contribution in [1.82, 2.24) is 5.32 Å². The first-order valence-electron chi connectivity index (χ1n) is 5.98. The molecule has 84 valence electrons. The van der Waals surface area contributed by atoms with E-state index in [1.807, 2.05) is 11.8 Å². The van der Waals surface area contributed by atoms with E-state index in [1.54, 1.807) is 0 Å². The second kappa shape index (κ2) is 4.76. The second-order valence-electron chi connectivity index (χ2n) is 4.89. The molecule has 0 saturated heterocycles. The monoisotopic (exact) mass is 224 g/mol. The molecule has 2 aliphatic rings. The van der Waals surface area contributed by atoms with Crippen LogP contribution in [0.25, 0.3) is 0 Å². The summed E-state index contributed by atoms with van der Waals surface area (Å²) < 4.78 is 0.503. The lowest BCUT2D eigenvalue weighted by Crippen LogP contribution is -2.47. The van der Waals surface area contributed by atoms with Crippen LogP contribution in [0.2, 0.25) is 0 Å². The predicted octanol–water partition coefficient (Wildman–Crippen LogP) is 2.55. The van der Waals surface area contributed by atoms with Gasteiger partial charge in [0.05, 0.1) is 12.0 Å². The third kappa shape index (κ3) is 2.32. The maximum atomic E-state index is 9.00. The maximum absolute atomic E-state index is 9.00. The molecular formula is C12H20N2S. The van der Waals surface area contributed by atoms with Gasteiger partial charge in [0.15, 0.2) is 0 Å². The largest absolute Gasteiger partial charge is 0.311 e. The number of hydrogen-bond acceptors (Lipinski definition) is 3. The van der Waals surface area contributed by atoms with Crippen LogP contribution in [0.1, 0.15) is 38.5 Å². The first-order chi connectivity index (χ1) is 7.29. The number of hydrogen-bond donors (Lipinski definition) is 1. The van der Waals surface area contributed by atoms with Gasteiger partial charge in [0.25, 0.3) is 0 Å². The lowest BCUT2D eigenvalue weighted by atomic mass is 9.84. The minimum atomic E-state index is 0.268. The summed E-state index contributed by atoms with van der Waals surface area (Å²) in [5.41, 5.74) is 0. The fraction of sp³-hybridized carbons (Fsp3) is 0.917. The molecule has 2 rings (SSSR count). The molecule has 2 fully saturated rings. The summed E-state index contributed by atoms with van der Waals surface area (Å²) in [5, 5.41) is 12.6. The van der Waals surface area contributed by atoms with Gasteiger partial charge in [-0.3, -0.25) is 0 Å². The van der Waals surface area contributed by atoms with Gasteiger partial charge in [-0.15, -0.1) is 0 Å². The van der Waals surface area contributed by atoms with E-state index in [-0.39, 0.29) is 5.92 Å². The van der Waals surface area contributed by atoms with Crippen LogP contribution in [0.15, 0.2) is 0 Å². The van der Waals surface area contributed by atoms with Crippen molar-refractivity contribution in [2.24, 2.45) is 5.92 Å². The second-order valence-corrected chi connectivity index (χ2v) is 6.17. The average molecular weight is 224 g/mol. The van der Waals surface area contributed by atoms with Crippen LogP contribution in [0.5, 0.6) is 0 Å². The highest BCUT2D eigenvalue weighted by Crippen LogP contribution is 2.42. The molecule has 1 N–H and O–H groups in total. The van der Waals surface area contributed by atoms with Crippen LogP contribution in [-0.2, 0) is 0 Å². The third-order valence-electron chi connectivity index (χ3n) is 4.07. The quantitative estimate of drug-likeness (QED) is 0.797. The summed E-state index contributed by atoms with van der Waals surface area (Å²) in [6, 6.07) is 2.91. The topological polar surface area (TPSA) is 35.8 Å². The molecule has 0 radical (unpaired) electrons. The third-order valence-corrected chi connectivity index (χ3v) is 5.48. The van der Waals surface area contributed by atoms with Crippen molar-refractivity contribution >= 4 is 11.8 Å². The van der Waals surface area contributed by atoms with Gasteiger partial charge >= 0.3 is 0 Å². The van der Waals surface area contributed by atoms with E-state index >= 15 is 0 Å². The van der Waals surface area contributed by atoms with E-state index < -0.39 is 0 Å². The molecule has 2 nitrogen and oxygen atoms in total. The van der Waals surface area contributed by atoms with Crippen molar-refractivity contribution in [2.75, 3.05) is 12.8 Å². The van der Waals surface area contributed by atoms with Crippen LogP contribution in [0.3, 0.4) is 0 Å². The molecule has 0 aromatic heterocycles. The van der Waals surface area contributed by atoms with Crippen LogP contribution in [0, 0.1) is 17.2 Å². The highest BCUT2D eigenvalue weighted by atomic mass is 32.2. The van der Waals surface area contributed by atoms with E-state index in [0.29, 0.717) is 10.8 Å². The summed E-state index contributed by atoms with van der Waals surface area (Å²) in [6.07, 6.45) is 9.83. The molecule has 2 saturated carbocycles. The summed E-state index contributed by atoms with van der Waals surface area (Å²) in [6.45, 7) is 1.11. The van der Waals surface area contributed by atoms with Gasteiger partial charge < -0.3 is 5.32 Å². The Morgan fingerprint density at radius 2 is 2.20 bits per heavy atom. The number of thioether (sulfide) groups is 1. The van der Waals surface area contributed by atoms with Crippen LogP contribution < -0.4 is 5.32 Å². The molecule has 3 heteroatoms. The Hall–Kier alpha value is -0.200. The Morgan fingerprint density at radius 1 is 1.40 bits per heavy atom. The van der Waals surface area contributed by atoms with Crippen LogP contribution in [0.4, 0.5) is 0 Å². The number of nitrogens with one attached hydrogen (secondary N) is 1. The Bertz CT molecular complexity index is 249. The lowest BCUT2D eigenvalue weighted by molar-refractivity contribution is 0.321. The van der Waals surface area contributed by atoms with Crippen LogP contribution >= 0.6 is 11.8 Å². The first-order valence-corrected chi connectivity index (χ1v) is 7.20. The molecule has 15 heavy (non-hydrogen) atoms. The SMILES string of the molecule is CSC1(CNC2CCCC2C#N)CCC1. The molecule has 0 amide bonds. The molecule has 2 unspecified atom stereocenters. The zero-order chi connectivity index (χ0) is 10.7. The molecule has 0 aliphatic heterocycles. The van der Waals surface area contributed by atoms with Gasteiger partial charge in [0, 0.05) is 17.3 Å². The van der Waals surface area contributed by atoms with E-state index in [1.165, 1.54) is 32.1 Å². The standard InChI is InChI=1S/C12H20N2S/c1-15-12(6-3-7-12)9-14-11-5-2-4-10(11)8-13/h10-11,14H,2-7,9H2,1H3. The Kier molecular flexibility index (Phi) is 3.58. The maximum Gasteiger partial charge on any atom is 0.0672 e. The molecule has 0 heterocycles. The first kappa shape index (κ1) is 11.3. The molecular weight excluding hydrogens is 204 g/mol. The van der Waals surface area contributed by atoms with Gasteiger partial charge in [-0.1, -0.05) is 12.8 Å². The predicted molar refractivity (Wildman–Crippen MR) is 64.8 cm³/mol. The number of rotatable bonds is 4. The van der Waals surface area contributed by atoms with Crippen molar-refractivity contribution in [3.63, 3.8) is 0 Å². The van der Waals surface area contributed by atoms with Crippen molar-refractivity contribution in [3.05, 3.63) is 0 Å². The van der Waals surface area contributed by atoms with E-state index in [9.17, 15) is 0 Å². The van der Waals surface area contributed by atoms with E-state index in [2.05, 4.69) is 17.6 Å². The minimum Gasteiger partial charge on any atom is -0.311 e. The zero-order valence-electron chi connectivity index (χ0n) is 9.46. The van der Waals surface area contributed by atoms with Crippen molar-refractivity contribution in [2.45, 2.75) is 49.3 Å². The Morgan fingerprint density at radius 3 is 2.73 bits per heavy atom. The highest BCUT2D eigenvalue weighted by Gasteiger charge is 2.37. The number of nitriles is 1. The summed E-state index contributed by atoms with van der Waals surface area (Å²) in [7, 11) is 0. The molecule has 0 aromatic carbocycles.